The average molecular weight is 455 g/mol. The van der Waals surface area contributed by atoms with E-state index in [9.17, 15) is 8.42 Å². The summed E-state index contributed by atoms with van der Waals surface area (Å²) < 4.78 is 28.4. The van der Waals surface area contributed by atoms with Crippen LogP contribution in [0.5, 0.6) is 0 Å². The Morgan fingerprint density at radius 1 is 1.14 bits per heavy atom. The molecule has 2 aromatic rings. The Morgan fingerprint density at radius 3 is 2.29 bits per heavy atom. The number of hydrogen-bond donors (Lipinski definition) is 2. The van der Waals surface area contributed by atoms with Crippen LogP contribution in [-0.4, -0.2) is 8.42 Å². The SMILES string of the molecule is Cc1ccc(Cl)cc1NS(=O)(=O)c1c(Br)cc(N)cc1Br. The summed E-state index contributed by atoms with van der Waals surface area (Å²) in [6.07, 6.45) is 0. The second-order valence-corrected chi connectivity index (χ2v) is 8.14. The third-order valence-corrected chi connectivity index (χ3v) is 6.21. The first kappa shape index (κ1) is 16.6. The molecule has 0 saturated heterocycles. The average Bonchev–Trinajstić information content (AvgIpc) is 2.31. The smallest absolute Gasteiger partial charge is 0.264 e. The van der Waals surface area contributed by atoms with Crippen molar-refractivity contribution in [1.82, 2.24) is 0 Å². The molecule has 0 aliphatic carbocycles. The maximum absolute atomic E-state index is 12.6. The van der Waals surface area contributed by atoms with Crippen LogP contribution in [0.15, 0.2) is 44.2 Å². The molecule has 112 valence electrons. The molecule has 0 atom stereocenters. The summed E-state index contributed by atoms with van der Waals surface area (Å²) in [5.74, 6) is 0. The van der Waals surface area contributed by atoms with E-state index < -0.39 is 10.0 Å². The van der Waals surface area contributed by atoms with E-state index in [-0.39, 0.29) is 4.90 Å². The second kappa shape index (κ2) is 6.16. The van der Waals surface area contributed by atoms with Crippen LogP contribution in [0.2, 0.25) is 5.02 Å². The number of anilines is 2. The van der Waals surface area contributed by atoms with Gasteiger partial charge in [0.2, 0.25) is 0 Å². The number of sulfonamides is 1. The summed E-state index contributed by atoms with van der Waals surface area (Å²) in [5, 5.41) is 0.453. The summed E-state index contributed by atoms with van der Waals surface area (Å²) >= 11 is 12.4. The molecule has 0 radical (unpaired) electrons. The fourth-order valence-corrected chi connectivity index (χ4v) is 5.65. The first-order valence-corrected chi connectivity index (χ1v) is 9.19. The van der Waals surface area contributed by atoms with Gasteiger partial charge >= 0.3 is 0 Å². The molecule has 0 unspecified atom stereocenters. The monoisotopic (exact) mass is 452 g/mol. The van der Waals surface area contributed by atoms with Gasteiger partial charge in [-0.2, -0.15) is 0 Å². The maximum Gasteiger partial charge on any atom is 0.264 e. The molecule has 21 heavy (non-hydrogen) atoms. The first-order chi connectivity index (χ1) is 9.70. The normalized spacial score (nSPS) is 11.4. The number of halogens is 3. The number of rotatable bonds is 3. The third-order valence-electron chi connectivity index (χ3n) is 2.73. The van der Waals surface area contributed by atoms with Gasteiger partial charge in [-0.15, -0.1) is 0 Å². The van der Waals surface area contributed by atoms with Crippen molar-refractivity contribution in [2.75, 3.05) is 10.5 Å². The molecular weight excluding hydrogens is 443 g/mol. The first-order valence-electron chi connectivity index (χ1n) is 5.74. The summed E-state index contributed by atoms with van der Waals surface area (Å²) in [7, 11) is -3.79. The zero-order valence-corrected chi connectivity index (χ0v) is 15.6. The van der Waals surface area contributed by atoms with Crippen molar-refractivity contribution in [2.45, 2.75) is 11.8 Å². The Hall–Kier alpha value is -0.760. The van der Waals surface area contributed by atoms with Crippen LogP contribution >= 0.6 is 43.5 Å². The van der Waals surface area contributed by atoms with Gasteiger partial charge < -0.3 is 5.73 Å². The van der Waals surface area contributed by atoms with E-state index in [0.29, 0.717) is 25.3 Å². The minimum absolute atomic E-state index is 0.0797. The van der Waals surface area contributed by atoms with Crippen LogP contribution in [0.25, 0.3) is 0 Å². The highest BCUT2D eigenvalue weighted by Crippen LogP contribution is 2.34. The van der Waals surface area contributed by atoms with E-state index in [1.165, 1.54) is 12.1 Å². The highest BCUT2D eigenvalue weighted by atomic mass is 79.9. The fourth-order valence-electron chi connectivity index (χ4n) is 1.74. The molecule has 0 heterocycles. The van der Waals surface area contributed by atoms with Gasteiger partial charge in [-0.05, 0) is 68.6 Å². The molecule has 2 rings (SSSR count). The van der Waals surface area contributed by atoms with E-state index >= 15 is 0 Å². The zero-order valence-electron chi connectivity index (χ0n) is 10.8. The number of nitrogen functional groups attached to an aromatic ring is 1. The molecular formula is C13H11Br2ClN2O2S. The number of benzene rings is 2. The maximum atomic E-state index is 12.6. The van der Waals surface area contributed by atoms with E-state index in [2.05, 4.69) is 36.6 Å². The van der Waals surface area contributed by atoms with Crippen LogP contribution in [0.3, 0.4) is 0 Å². The van der Waals surface area contributed by atoms with Gasteiger partial charge in [0, 0.05) is 19.7 Å². The minimum atomic E-state index is -3.79. The summed E-state index contributed by atoms with van der Waals surface area (Å²) in [6.45, 7) is 1.79. The largest absolute Gasteiger partial charge is 0.399 e. The highest BCUT2D eigenvalue weighted by molar-refractivity contribution is 9.11. The Balaban J connectivity index is 2.51. The molecule has 2 aromatic carbocycles. The fraction of sp³-hybridized carbons (Fsp3) is 0.0769. The van der Waals surface area contributed by atoms with E-state index in [0.717, 1.165) is 5.56 Å². The minimum Gasteiger partial charge on any atom is -0.399 e. The van der Waals surface area contributed by atoms with Crippen molar-refractivity contribution in [3.63, 3.8) is 0 Å². The number of aryl methyl sites for hydroxylation is 1. The molecule has 0 saturated carbocycles. The molecule has 4 nitrogen and oxygen atoms in total. The molecule has 0 fully saturated rings. The number of nitrogens with one attached hydrogen (secondary N) is 1. The van der Waals surface area contributed by atoms with Crippen molar-refractivity contribution in [3.8, 4) is 0 Å². The van der Waals surface area contributed by atoms with Crippen molar-refractivity contribution in [1.29, 1.82) is 0 Å². The summed E-state index contributed by atoms with van der Waals surface area (Å²) in [6, 6.07) is 8.07. The number of nitrogens with two attached hydrogens (primary N) is 1. The van der Waals surface area contributed by atoms with Crippen LogP contribution in [0.1, 0.15) is 5.56 Å². The summed E-state index contributed by atoms with van der Waals surface area (Å²) in [4.78, 5) is 0.0797. The lowest BCUT2D eigenvalue weighted by atomic mass is 10.2. The van der Waals surface area contributed by atoms with Crippen LogP contribution in [0.4, 0.5) is 11.4 Å². The van der Waals surface area contributed by atoms with E-state index in [1.54, 1.807) is 25.1 Å². The van der Waals surface area contributed by atoms with Crippen molar-refractivity contribution in [2.24, 2.45) is 0 Å². The molecule has 0 spiro atoms. The lowest BCUT2D eigenvalue weighted by Crippen LogP contribution is -2.15. The lowest BCUT2D eigenvalue weighted by Gasteiger charge is -2.14. The van der Waals surface area contributed by atoms with Gasteiger partial charge in [0.05, 0.1) is 5.69 Å². The van der Waals surface area contributed by atoms with Crippen LogP contribution < -0.4 is 10.5 Å². The van der Waals surface area contributed by atoms with Crippen LogP contribution in [-0.2, 0) is 10.0 Å². The standard InChI is InChI=1S/C13H11Br2ClN2O2S/c1-7-2-3-8(16)4-12(7)18-21(19,20)13-10(14)5-9(17)6-11(13)15/h2-6,18H,17H2,1H3. The molecule has 0 aromatic heterocycles. The van der Waals surface area contributed by atoms with Crippen molar-refractivity contribution >= 4 is 64.9 Å². The van der Waals surface area contributed by atoms with Gasteiger partial charge in [0.15, 0.2) is 0 Å². The third kappa shape index (κ3) is 3.71. The molecule has 8 heteroatoms. The van der Waals surface area contributed by atoms with Gasteiger partial charge in [0.25, 0.3) is 10.0 Å². The molecule has 0 aliphatic rings. The van der Waals surface area contributed by atoms with Crippen molar-refractivity contribution in [3.05, 3.63) is 49.9 Å². The van der Waals surface area contributed by atoms with E-state index in [1.807, 2.05) is 0 Å². The quantitative estimate of drug-likeness (QED) is 0.668. The topological polar surface area (TPSA) is 72.2 Å². The van der Waals surface area contributed by atoms with E-state index in [4.69, 9.17) is 17.3 Å². The summed E-state index contributed by atoms with van der Waals surface area (Å²) in [5.41, 5.74) is 7.32. The van der Waals surface area contributed by atoms with Gasteiger partial charge in [0.1, 0.15) is 4.90 Å². The predicted octanol–water partition coefficient (Wildman–Crippen LogP) is 4.56. The van der Waals surface area contributed by atoms with Gasteiger partial charge in [-0.3, -0.25) is 4.72 Å². The molecule has 0 amide bonds. The molecule has 0 aliphatic heterocycles. The molecule has 0 bridgehead atoms. The van der Waals surface area contributed by atoms with Gasteiger partial charge in [-0.1, -0.05) is 17.7 Å². The Morgan fingerprint density at radius 2 is 1.71 bits per heavy atom. The Labute approximate surface area is 145 Å². The highest BCUT2D eigenvalue weighted by Gasteiger charge is 2.22. The van der Waals surface area contributed by atoms with Crippen molar-refractivity contribution < 1.29 is 8.42 Å². The Kier molecular flexibility index (Phi) is 4.87. The van der Waals surface area contributed by atoms with Gasteiger partial charge in [-0.25, -0.2) is 8.42 Å². The molecule has 3 N–H and O–H groups in total. The second-order valence-electron chi connectivity index (χ2n) is 4.38. The van der Waals surface area contributed by atoms with Crippen LogP contribution in [0, 0.1) is 6.92 Å². The lowest BCUT2D eigenvalue weighted by molar-refractivity contribution is 0.600. The number of hydrogen-bond acceptors (Lipinski definition) is 3. The Bertz CT molecular complexity index is 787. The predicted molar refractivity (Wildman–Crippen MR) is 93.3 cm³/mol. The zero-order chi connectivity index (χ0) is 15.8.